The Morgan fingerprint density at radius 3 is 2.05 bits per heavy atom. The zero-order valence-electron chi connectivity index (χ0n) is 25.6. The quantitative estimate of drug-likeness (QED) is 0.108. The molecule has 0 heterocycles. The molecule has 0 saturated heterocycles. The molecule has 40 heavy (non-hydrogen) atoms. The number of hydrogen-bond acceptors (Lipinski definition) is 4. The summed E-state index contributed by atoms with van der Waals surface area (Å²) in [5.74, 6) is 1.29. The predicted molar refractivity (Wildman–Crippen MR) is 176 cm³/mol. The number of aldehydes is 1. The number of amides is 1. The number of aliphatic hydroxyl groups excluding tert-OH is 1. The third kappa shape index (κ3) is 13.2. The van der Waals surface area contributed by atoms with Crippen LogP contribution in [0.5, 0.6) is 0 Å². The second-order valence-electron chi connectivity index (χ2n) is 9.83. The number of aliphatic hydroxyl groups is 1. The van der Waals surface area contributed by atoms with Gasteiger partial charge in [-0.1, -0.05) is 96.2 Å². The lowest BCUT2D eigenvalue weighted by Gasteiger charge is -2.32. The van der Waals surface area contributed by atoms with Gasteiger partial charge in [-0.15, -0.1) is 0 Å². The molecule has 1 amide bonds. The van der Waals surface area contributed by atoms with Crippen molar-refractivity contribution in [3.63, 3.8) is 0 Å². The van der Waals surface area contributed by atoms with Crippen LogP contribution in [-0.4, -0.2) is 59.5 Å². The van der Waals surface area contributed by atoms with Gasteiger partial charge in [0, 0.05) is 31.0 Å². The SMILES string of the molecule is C.C.C/C=C/C(/C(C)=C/C(=O)N(CC)CC)C(C)/C=C/C=O.C/C=C/C1C(C)=C(C(O)N(CC)CC)C=CC1C. The topological polar surface area (TPSA) is 60.9 Å². The summed E-state index contributed by atoms with van der Waals surface area (Å²) in [7, 11) is 0. The fraction of sp³-hybridized carbons (Fsp3) is 0.600. The highest BCUT2D eigenvalue weighted by molar-refractivity contribution is 5.88. The second-order valence-corrected chi connectivity index (χ2v) is 9.83. The molecule has 1 N–H and O–H groups in total. The van der Waals surface area contributed by atoms with Crippen molar-refractivity contribution in [2.45, 2.75) is 90.3 Å². The first kappa shape index (κ1) is 42.0. The van der Waals surface area contributed by atoms with Gasteiger partial charge in [-0.3, -0.25) is 14.5 Å². The van der Waals surface area contributed by atoms with E-state index < -0.39 is 6.23 Å². The number of hydrogen-bond donors (Lipinski definition) is 1. The third-order valence-electron chi connectivity index (χ3n) is 7.35. The van der Waals surface area contributed by atoms with Crippen molar-refractivity contribution in [3.05, 3.63) is 71.4 Å². The van der Waals surface area contributed by atoms with E-state index >= 15 is 0 Å². The summed E-state index contributed by atoms with van der Waals surface area (Å²) < 4.78 is 0. The van der Waals surface area contributed by atoms with Crippen LogP contribution in [0.2, 0.25) is 0 Å². The van der Waals surface area contributed by atoms with Crippen molar-refractivity contribution in [3.8, 4) is 0 Å². The Balaban J connectivity index is -0.000000654. The predicted octanol–water partition coefficient (Wildman–Crippen LogP) is 8.02. The minimum Gasteiger partial charge on any atom is -0.374 e. The van der Waals surface area contributed by atoms with E-state index in [2.05, 4.69) is 69.9 Å². The summed E-state index contributed by atoms with van der Waals surface area (Å²) in [4.78, 5) is 26.4. The standard InChI is InChI=1S/C17H27NO2.C16H27NO.2CH4/c1-6-10-16(14(4)11-9-12-19)15(5)13-17(20)18(7-2)8-3;1-6-9-14-12(4)10-11-15(13(14)5)16(18)17(7-2)8-3;;/h6,9-14,16H,7-8H2,1-5H3;6,9-12,14,16,18H,7-8H2,1-5H3;2*1H4/b10-6+,11-9+,15-13+;9-6+;;. The van der Waals surface area contributed by atoms with Crippen LogP contribution in [0.15, 0.2) is 71.4 Å². The Labute approximate surface area is 248 Å². The van der Waals surface area contributed by atoms with Crippen molar-refractivity contribution in [2.75, 3.05) is 26.2 Å². The molecule has 5 atom stereocenters. The zero-order chi connectivity index (χ0) is 29.3. The highest BCUT2D eigenvalue weighted by atomic mass is 16.3. The summed E-state index contributed by atoms with van der Waals surface area (Å²) >= 11 is 0. The van der Waals surface area contributed by atoms with Gasteiger partial charge in [0.05, 0.1) is 0 Å². The van der Waals surface area contributed by atoms with Crippen LogP contribution in [0, 0.1) is 23.7 Å². The van der Waals surface area contributed by atoms with Gasteiger partial charge in [-0.2, -0.15) is 0 Å². The second kappa shape index (κ2) is 23.2. The number of likely N-dealkylation sites (N-methyl/N-ethyl adjacent to an activating group) is 2. The molecule has 0 spiro atoms. The summed E-state index contributed by atoms with van der Waals surface area (Å²) in [6.45, 7) is 23.7. The van der Waals surface area contributed by atoms with E-state index in [-0.39, 0.29) is 32.6 Å². The monoisotopic (exact) mass is 558 g/mol. The normalized spacial score (nSPS) is 19.6. The molecule has 0 radical (unpaired) electrons. The van der Waals surface area contributed by atoms with Crippen LogP contribution < -0.4 is 0 Å². The Bertz CT molecular complexity index is 886. The smallest absolute Gasteiger partial charge is 0.246 e. The van der Waals surface area contributed by atoms with Gasteiger partial charge >= 0.3 is 0 Å². The molecule has 1 aliphatic carbocycles. The summed E-state index contributed by atoms with van der Waals surface area (Å²) in [5.41, 5.74) is 3.38. The maximum atomic E-state index is 12.1. The summed E-state index contributed by atoms with van der Waals surface area (Å²) in [6.07, 6.45) is 18.1. The Morgan fingerprint density at radius 2 is 1.60 bits per heavy atom. The number of rotatable bonds is 13. The molecule has 230 valence electrons. The van der Waals surface area contributed by atoms with Crippen LogP contribution in [0.3, 0.4) is 0 Å². The number of carbonyl (C=O) groups excluding carboxylic acids is 2. The van der Waals surface area contributed by atoms with Gasteiger partial charge in [0.25, 0.3) is 0 Å². The van der Waals surface area contributed by atoms with Crippen LogP contribution in [-0.2, 0) is 9.59 Å². The highest BCUT2D eigenvalue weighted by Gasteiger charge is 2.25. The molecule has 0 aliphatic heterocycles. The Morgan fingerprint density at radius 1 is 1.02 bits per heavy atom. The first-order valence-electron chi connectivity index (χ1n) is 14.2. The Kier molecular flexibility index (Phi) is 24.4. The van der Waals surface area contributed by atoms with Crippen LogP contribution in [0.1, 0.15) is 84.1 Å². The highest BCUT2D eigenvalue weighted by Crippen LogP contribution is 2.32. The van der Waals surface area contributed by atoms with Crippen molar-refractivity contribution in [1.82, 2.24) is 9.80 Å². The van der Waals surface area contributed by atoms with Crippen LogP contribution >= 0.6 is 0 Å². The number of carbonyl (C=O) groups is 2. The first-order chi connectivity index (χ1) is 18.1. The van der Waals surface area contributed by atoms with Crippen LogP contribution in [0.25, 0.3) is 0 Å². The fourth-order valence-electron chi connectivity index (χ4n) is 4.88. The average molecular weight is 559 g/mol. The molecule has 0 fully saturated rings. The van der Waals surface area contributed by atoms with E-state index in [9.17, 15) is 14.7 Å². The molecule has 1 aliphatic rings. The molecule has 0 aromatic carbocycles. The maximum Gasteiger partial charge on any atom is 0.246 e. The summed E-state index contributed by atoms with van der Waals surface area (Å²) in [5, 5.41) is 10.5. The maximum absolute atomic E-state index is 12.1. The summed E-state index contributed by atoms with van der Waals surface area (Å²) in [6, 6.07) is 0. The lowest BCUT2D eigenvalue weighted by Crippen LogP contribution is -2.37. The first-order valence-corrected chi connectivity index (χ1v) is 14.2. The molecule has 0 saturated carbocycles. The van der Waals surface area contributed by atoms with Gasteiger partial charge in [0.2, 0.25) is 5.91 Å². The van der Waals surface area contributed by atoms with Gasteiger partial charge in [0.1, 0.15) is 12.5 Å². The van der Waals surface area contributed by atoms with Crippen molar-refractivity contribution >= 4 is 12.2 Å². The molecule has 5 heteroatoms. The fourth-order valence-corrected chi connectivity index (χ4v) is 4.88. The minimum atomic E-state index is -0.475. The number of nitrogens with zero attached hydrogens (tertiary/aromatic N) is 2. The van der Waals surface area contributed by atoms with Gasteiger partial charge < -0.3 is 10.0 Å². The molecule has 0 aromatic heterocycles. The lowest BCUT2D eigenvalue weighted by molar-refractivity contribution is -0.125. The van der Waals surface area contributed by atoms with Crippen LogP contribution in [0.4, 0.5) is 0 Å². The van der Waals surface area contributed by atoms with Gasteiger partial charge in [-0.05, 0) is 78.1 Å². The zero-order valence-corrected chi connectivity index (χ0v) is 25.6. The minimum absolute atomic E-state index is 0. The van der Waals surface area contributed by atoms with Gasteiger partial charge in [-0.25, -0.2) is 0 Å². The van der Waals surface area contributed by atoms with Gasteiger partial charge in [0.15, 0.2) is 0 Å². The third-order valence-corrected chi connectivity index (χ3v) is 7.35. The van der Waals surface area contributed by atoms with E-state index in [0.29, 0.717) is 24.9 Å². The molecular formula is C35H62N2O3. The molecule has 5 nitrogen and oxygen atoms in total. The molecule has 0 bridgehead atoms. The van der Waals surface area contributed by atoms with Crippen molar-refractivity contribution < 1.29 is 14.7 Å². The van der Waals surface area contributed by atoms with Crippen molar-refractivity contribution in [1.29, 1.82) is 0 Å². The van der Waals surface area contributed by atoms with E-state index in [4.69, 9.17) is 0 Å². The molecule has 0 aromatic rings. The largest absolute Gasteiger partial charge is 0.374 e. The van der Waals surface area contributed by atoms with E-state index in [1.54, 1.807) is 11.0 Å². The van der Waals surface area contributed by atoms with E-state index in [1.807, 2.05) is 46.8 Å². The van der Waals surface area contributed by atoms with E-state index in [0.717, 1.165) is 30.5 Å². The van der Waals surface area contributed by atoms with Crippen molar-refractivity contribution in [2.24, 2.45) is 23.7 Å². The molecular weight excluding hydrogens is 496 g/mol. The Hall–Kier alpha value is -2.50. The molecule has 5 unspecified atom stereocenters. The lowest BCUT2D eigenvalue weighted by atomic mass is 9.80. The average Bonchev–Trinajstić information content (AvgIpc) is 2.89. The molecule has 1 rings (SSSR count). The van der Waals surface area contributed by atoms with E-state index in [1.165, 1.54) is 11.6 Å². The number of allylic oxidation sites excluding steroid dienone is 9.